The molecule has 5 nitrogen and oxygen atoms in total. The van der Waals surface area contributed by atoms with Crippen LogP contribution in [0.4, 0.5) is 11.6 Å². The fraction of sp³-hybridized carbons (Fsp3) is 0.227. The topological polar surface area (TPSA) is 58.1 Å². The van der Waals surface area contributed by atoms with Gasteiger partial charge in [0.05, 0.1) is 5.56 Å². The van der Waals surface area contributed by atoms with Gasteiger partial charge in [0.1, 0.15) is 0 Å². The highest BCUT2D eigenvalue weighted by molar-refractivity contribution is 5.93. The third-order valence-electron chi connectivity index (χ3n) is 4.37. The molecule has 27 heavy (non-hydrogen) atoms. The largest absolute Gasteiger partial charge is 0.332 e. The number of rotatable bonds is 6. The van der Waals surface area contributed by atoms with Gasteiger partial charge in [-0.15, -0.1) is 0 Å². The van der Waals surface area contributed by atoms with Crippen LogP contribution in [0.2, 0.25) is 0 Å². The Bertz CT molecular complexity index is 892. The number of aryl methyl sites for hydroxylation is 1. The summed E-state index contributed by atoms with van der Waals surface area (Å²) in [6.07, 6.45) is 3.16. The minimum atomic E-state index is -0.0729. The van der Waals surface area contributed by atoms with E-state index in [1.165, 1.54) is 0 Å². The Labute approximate surface area is 160 Å². The summed E-state index contributed by atoms with van der Waals surface area (Å²) in [5.74, 6) is 0.399. The predicted molar refractivity (Wildman–Crippen MR) is 108 cm³/mol. The van der Waals surface area contributed by atoms with Gasteiger partial charge >= 0.3 is 0 Å². The molecule has 0 radical (unpaired) electrons. The van der Waals surface area contributed by atoms with Crippen LogP contribution in [0, 0.1) is 6.92 Å². The van der Waals surface area contributed by atoms with Gasteiger partial charge in [0.15, 0.2) is 0 Å². The van der Waals surface area contributed by atoms with E-state index in [0.29, 0.717) is 18.1 Å². The highest BCUT2D eigenvalue weighted by atomic mass is 16.2. The van der Waals surface area contributed by atoms with Crippen LogP contribution in [0.15, 0.2) is 67.0 Å². The van der Waals surface area contributed by atoms with Gasteiger partial charge in [0.25, 0.3) is 5.91 Å². The summed E-state index contributed by atoms with van der Waals surface area (Å²) in [6.45, 7) is 6.59. The van der Waals surface area contributed by atoms with Crippen LogP contribution in [0.1, 0.15) is 35.3 Å². The molecule has 3 rings (SSSR count). The SMILES string of the molecule is Cc1ccccc1Nc1ncc(C(=O)N(Cc2ccccc2)C(C)C)cn1. The number of carbonyl (C=O) groups is 1. The number of nitrogens with zero attached hydrogens (tertiary/aromatic N) is 3. The zero-order valence-electron chi connectivity index (χ0n) is 15.9. The minimum absolute atomic E-state index is 0.0717. The molecule has 2 aromatic carbocycles. The van der Waals surface area contributed by atoms with Crippen LogP contribution < -0.4 is 5.32 Å². The molecular weight excluding hydrogens is 336 g/mol. The van der Waals surface area contributed by atoms with Crippen LogP contribution in [-0.4, -0.2) is 26.8 Å². The van der Waals surface area contributed by atoms with Gasteiger partial charge < -0.3 is 10.2 Å². The number of carbonyl (C=O) groups excluding carboxylic acids is 1. The average Bonchev–Trinajstić information content (AvgIpc) is 2.68. The van der Waals surface area contributed by atoms with Crippen molar-refractivity contribution in [1.82, 2.24) is 14.9 Å². The number of aromatic nitrogens is 2. The molecule has 1 amide bonds. The number of benzene rings is 2. The smallest absolute Gasteiger partial charge is 0.257 e. The maximum Gasteiger partial charge on any atom is 0.257 e. The molecule has 0 aliphatic carbocycles. The summed E-state index contributed by atoms with van der Waals surface area (Å²) in [5.41, 5.74) is 3.63. The van der Waals surface area contributed by atoms with Gasteiger partial charge in [-0.25, -0.2) is 9.97 Å². The van der Waals surface area contributed by atoms with Crippen LogP contribution in [0.5, 0.6) is 0 Å². The van der Waals surface area contributed by atoms with Crippen molar-refractivity contribution in [1.29, 1.82) is 0 Å². The van der Waals surface area contributed by atoms with Gasteiger partial charge in [-0.05, 0) is 38.0 Å². The number of nitrogens with one attached hydrogen (secondary N) is 1. The maximum absolute atomic E-state index is 12.9. The van der Waals surface area contributed by atoms with E-state index in [4.69, 9.17) is 0 Å². The maximum atomic E-state index is 12.9. The van der Waals surface area contributed by atoms with Crippen molar-refractivity contribution in [2.45, 2.75) is 33.4 Å². The molecule has 0 unspecified atom stereocenters. The molecule has 0 aliphatic heterocycles. The number of hydrogen-bond donors (Lipinski definition) is 1. The van der Waals surface area contributed by atoms with Crippen LogP contribution >= 0.6 is 0 Å². The molecule has 1 heterocycles. The third kappa shape index (κ3) is 4.70. The van der Waals surface area contributed by atoms with Crippen molar-refractivity contribution in [3.63, 3.8) is 0 Å². The van der Waals surface area contributed by atoms with Crippen molar-refractivity contribution in [3.05, 3.63) is 83.7 Å². The molecule has 0 bridgehead atoms. The van der Waals surface area contributed by atoms with Crippen LogP contribution in [0.3, 0.4) is 0 Å². The third-order valence-corrected chi connectivity index (χ3v) is 4.37. The van der Waals surface area contributed by atoms with E-state index in [1.807, 2.05) is 80.3 Å². The molecule has 1 aromatic heterocycles. The zero-order valence-corrected chi connectivity index (χ0v) is 15.9. The molecule has 1 N–H and O–H groups in total. The van der Waals surface area contributed by atoms with Crippen LogP contribution in [0.25, 0.3) is 0 Å². The Balaban J connectivity index is 1.74. The van der Waals surface area contributed by atoms with Crippen molar-refractivity contribution < 1.29 is 4.79 Å². The highest BCUT2D eigenvalue weighted by Gasteiger charge is 2.20. The second-order valence-corrected chi connectivity index (χ2v) is 6.75. The van der Waals surface area contributed by atoms with E-state index < -0.39 is 0 Å². The second kappa shape index (κ2) is 8.45. The van der Waals surface area contributed by atoms with Crippen molar-refractivity contribution in [2.75, 3.05) is 5.32 Å². The van der Waals surface area contributed by atoms with Crippen molar-refractivity contribution in [3.8, 4) is 0 Å². The molecule has 3 aromatic rings. The lowest BCUT2D eigenvalue weighted by molar-refractivity contribution is 0.0689. The summed E-state index contributed by atoms with van der Waals surface area (Å²) >= 11 is 0. The second-order valence-electron chi connectivity index (χ2n) is 6.75. The van der Waals surface area contributed by atoms with E-state index in [9.17, 15) is 4.79 Å². The van der Waals surface area contributed by atoms with E-state index in [0.717, 1.165) is 16.8 Å². The standard InChI is InChI=1S/C22H24N4O/c1-16(2)26(15-18-10-5-4-6-11-18)21(27)19-13-23-22(24-14-19)25-20-12-8-7-9-17(20)3/h4-14,16H,15H2,1-3H3,(H,23,24,25). The zero-order chi connectivity index (χ0) is 19.2. The average molecular weight is 360 g/mol. The van der Waals surface area contributed by atoms with E-state index in [-0.39, 0.29) is 11.9 Å². The molecule has 0 spiro atoms. The molecule has 0 fully saturated rings. The number of anilines is 2. The van der Waals surface area contributed by atoms with Gasteiger partial charge in [-0.3, -0.25) is 4.79 Å². The molecule has 138 valence electrons. The predicted octanol–water partition coefficient (Wildman–Crippen LogP) is 4.58. The Morgan fingerprint density at radius 1 is 1.00 bits per heavy atom. The first-order valence-electron chi connectivity index (χ1n) is 9.04. The molecule has 0 atom stereocenters. The quantitative estimate of drug-likeness (QED) is 0.699. The lowest BCUT2D eigenvalue weighted by atomic mass is 10.1. The van der Waals surface area contributed by atoms with Gasteiger partial charge in [-0.2, -0.15) is 0 Å². The van der Waals surface area contributed by atoms with Gasteiger partial charge in [0, 0.05) is 30.7 Å². The number of para-hydroxylation sites is 1. The molecule has 0 aliphatic rings. The molecule has 0 saturated heterocycles. The molecule has 0 saturated carbocycles. The fourth-order valence-electron chi connectivity index (χ4n) is 2.77. The van der Waals surface area contributed by atoms with E-state index in [1.54, 1.807) is 12.4 Å². The molecule has 5 heteroatoms. The lowest BCUT2D eigenvalue weighted by Crippen LogP contribution is -2.36. The first kappa shape index (κ1) is 18.6. The van der Waals surface area contributed by atoms with E-state index in [2.05, 4.69) is 15.3 Å². The summed E-state index contributed by atoms with van der Waals surface area (Å²) in [6, 6.07) is 18.0. The van der Waals surface area contributed by atoms with E-state index >= 15 is 0 Å². The van der Waals surface area contributed by atoms with Crippen LogP contribution in [-0.2, 0) is 6.54 Å². The normalized spacial score (nSPS) is 10.7. The van der Waals surface area contributed by atoms with Crippen molar-refractivity contribution >= 4 is 17.5 Å². The molecular formula is C22H24N4O. The number of hydrogen-bond acceptors (Lipinski definition) is 4. The number of amides is 1. The van der Waals surface area contributed by atoms with Gasteiger partial charge in [0.2, 0.25) is 5.95 Å². The Morgan fingerprint density at radius 3 is 2.26 bits per heavy atom. The summed E-state index contributed by atoms with van der Waals surface area (Å²) in [4.78, 5) is 23.4. The van der Waals surface area contributed by atoms with Gasteiger partial charge in [-0.1, -0.05) is 48.5 Å². The van der Waals surface area contributed by atoms with Crippen molar-refractivity contribution in [2.24, 2.45) is 0 Å². The summed E-state index contributed by atoms with van der Waals surface area (Å²) in [7, 11) is 0. The fourth-order valence-corrected chi connectivity index (χ4v) is 2.77. The Kier molecular flexibility index (Phi) is 5.81. The first-order valence-corrected chi connectivity index (χ1v) is 9.04. The Morgan fingerprint density at radius 2 is 1.63 bits per heavy atom. The first-order chi connectivity index (χ1) is 13.0. The highest BCUT2D eigenvalue weighted by Crippen LogP contribution is 2.18. The Hall–Kier alpha value is -3.21. The monoisotopic (exact) mass is 360 g/mol. The summed E-state index contributed by atoms with van der Waals surface area (Å²) < 4.78 is 0. The minimum Gasteiger partial charge on any atom is -0.332 e. The lowest BCUT2D eigenvalue weighted by Gasteiger charge is -2.26. The summed E-state index contributed by atoms with van der Waals surface area (Å²) in [5, 5.41) is 3.18.